The van der Waals surface area contributed by atoms with Gasteiger partial charge in [-0.3, -0.25) is 0 Å². The Balaban J connectivity index is 1.70. The number of likely N-dealkylation sites (N-methyl/N-ethyl adjacent to an activating group) is 1. The average molecular weight is 313 g/mol. The molecule has 0 N–H and O–H groups in total. The average Bonchev–Trinajstić information content (AvgIpc) is 2.59. The molecule has 0 aromatic heterocycles. The lowest BCUT2D eigenvalue weighted by molar-refractivity contribution is 0.0591. The van der Waals surface area contributed by atoms with Crippen LogP contribution in [0.3, 0.4) is 0 Å². The van der Waals surface area contributed by atoms with E-state index in [0.29, 0.717) is 17.9 Å². The van der Waals surface area contributed by atoms with E-state index in [2.05, 4.69) is 4.90 Å². The summed E-state index contributed by atoms with van der Waals surface area (Å²) >= 11 is 0. The van der Waals surface area contributed by atoms with E-state index >= 15 is 0 Å². The fourth-order valence-electron chi connectivity index (χ4n) is 2.63. The van der Waals surface area contributed by atoms with Crippen molar-refractivity contribution in [3.05, 3.63) is 54.1 Å². The van der Waals surface area contributed by atoms with Gasteiger partial charge in [0, 0.05) is 7.05 Å². The zero-order valence-electron chi connectivity index (χ0n) is 13.2. The molecule has 1 heterocycles. The lowest BCUT2D eigenvalue weighted by Crippen LogP contribution is -2.41. The van der Waals surface area contributed by atoms with Crippen LogP contribution in [-0.2, 0) is 4.74 Å². The quantitative estimate of drug-likeness (QED) is 0.812. The maximum atomic E-state index is 11.8. The third kappa shape index (κ3) is 3.23. The van der Waals surface area contributed by atoms with Crippen LogP contribution in [-0.4, -0.2) is 39.4 Å². The van der Waals surface area contributed by atoms with Gasteiger partial charge in [-0.25, -0.2) is 4.79 Å². The first-order chi connectivity index (χ1) is 11.2. The Kier molecular flexibility index (Phi) is 4.37. The monoisotopic (exact) mass is 313 g/mol. The molecule has 120 valence electrons. The highest BCUT2D eigenvalue weighted by atomic mass is 16.5. The van der Waals surface area contributed by atoms with Gasteiger partial charge >= 0.3 is 5.97 Å². The molecule has 1 aliphatic heterocycles. The van der Waals surface area contributed by atoms with Crippen molar-refractivity contribution < 1.29 is 19.0 Å². The van der Waals surface area contributed by atoms with Crippen LogP contribution < -0.4 is 14.4 Å². The third-order valence-corrected chi connectivity index (χ3v) is 3.76. The van der Waals surface area contributed by atoms with E-state index in [1.165, 1.54) is 7.11 Å². The Hall–Kier alpha value is -2.69. The second kappa shape index (κ2) is 6.60. The molecule has 3 rings (SSSR count). The maximum absolute atomic E-state index is 11.8. The summed E-state index contributed by atoms with van der Waals surface area (Å²) in [6.07, 6.45) is -0.111. The van der Waals surface area contributed by atoms with Gasteiger partial charge in [0.2, 0.25) is 0 Å². The van der Waals surface area contributed by atoms with E-state index in [0.717, 1.165) is 18.0 Å². The van der Waals surface area contributed by atoms with Crippen LogP contribution in [0.2, 0.25) is 0 Å². The Morgan fingerprint density at radius 1 is 1.22 bits per heavy atom. The molecule has 0 amide bonds. The number of nitrogens with zero attached hydrogens (tertiary/aromatic N) is 1. The van der Waals surface area contributed by atoms with Gasteiger partial charge in [0.1, 0.15) is 29.8 Å². The van der Waals surface area contributed by atoms with Crippen LogP contribution >= 0.6 is 0 Å². The zero-order chi connectivity index (χ0) is 16.2. The molecular weight excluding hydrogens is 294 g/mol. The van der Waals surface area contributed by atoms with Gasteiger partial charge in [-0.05, 0) is 24.3 Å². The molecule has 0 saturated carbocycles. The van der Waals surface area contributed by atoms with Crippen LogP contribution in [0.4, 0.5) is 5.69 Å². The molecular formula is C18H19NO4. The van der Waals surface area contributed by atoms with Gasteiger partial charge in [0.25, 0.3) is 0 Å². The smallest absolute Gasteiger partial charge is 0.341 e. The molecule has 5 nitrogen and oxygen atoms in total. The Morgan fingerprint density at radius 3 is 2.78 bits per heavy atom. The van der Waals surface area contributed by atoms with Crippen molar-refractivity contribution in [2.24, 2.45) is 0 Å². The maximum Gasteiger partial charge on any atom is 0.341 e. The summed E-state index contributed by atoms with van der Waals surface area (Å²) in [7, 11) is 3.38. The first kappa shape index (κ1) is 15.2. The Bertz CT molecular complexity index is 701. The molecule has 0 radical (unpaired) electrons. The minimum atomic E-state index is -0.410. The van der Waals surface area contributed by atoms with E-state index in [-0.39, 0.29) is 6.10 Å². The number of fused-ring (bicyclic) bond motifs is 1. The number of rotatable bonds is 4. The molecule has 0 fully saturated rings. The summed E-state index contributed by atoms with van der Waals surface area (Å²) in [5.41, 5.74) is 1.48. The van der Waals surface area contributed by atoms with Gasteiger partial charge in [-0.15, -0.1) is 0 Å². The molecule has 23 heavy (non-hydrogen) atoms. The first-order valence-corrected chi connectivity index (χ1v) is 7.46. The number of benzene rings is 2. The SMILES string of the molecule is COC(=O)c1ccccc1OC[C@@H]1CN(C)c2ccccc2O1. The van der Waals surface area contributed by atoms with E-state index < -0.39 is 5.97 Å². The number of hydrogen-bond donors (Lipinski definition) is 0. The molecule has 2 aromatic carbocycles. The zero-order valence-corrected chi connectivity index (χ0v) is 13.2. The van der Waals surface area contributed by atoms with Crippen molar-refractivity contribution in [3.8, 4) is 11.5 Å². The van der Waals surface area contributed by atoms with E-state index in [1.807, 2.05) is 37.4 Å². The van der Waals surface area contributed by atoms with Crippen molar-refractivity contribution in [2.45, 2.75) is 6.10 Å². The molecule has 5 heteroatoms. The molecule has 2 aromatic rings. The molecule has 1 atom stereocenters. The fourth-order valence-corrected chi connectivity index (χ4v) is 2.63. The minimum Gasteiger partial charge on any atom is -0.489 e. The van der Waals surface area contributed by atoms with Crippen LogP contribution in [0.15, 0.2) is 48.5 Å². The van der Waals surface area contributed by atoms with Gasteiger partial charge in [-0.1, -0.05) is 24.3 Å². The van der Waals surface area contributed by atoms with Gasteiger partial charge in [0.05, 0.1) is 19.3 Å². The van der Waals surface area contributed by atoms with Gasteiger partial charge in [0.15, 0.2) is 0 Å². The van der Waals surface area contributed by atoms with Crippen molar-refractivity contribution in [1.82, 2.24) is 0 Å². The minimum absolute atomic E-state index is 0.111. The molecule has 0 bridgehead atoms. The first-order valence-electron chi connectivity index (χ1n) is 7.46. The van der Waals surface area contributed by atoms with Gasteiger partial charge in [-0.2, -0.15) is 0 Å². The summed E-state index contributed by atoms with van der Waals surface area (Å²) in [4.78, 5) is 13.9. The number of esters is 1. The number of carbonyl (C=O) groups excluding carboxylic acids is 1. The van der Waals surface area contributed by atoms with Crippen LogP contribution in [0, 0.1) is 0 Å². The molecule has 0 spiro atoms. The molecule has 0 saturated heterocycles. The summed E-state index contributed by atoms with van der Waals surface area (Å²) in [5, 5.41) is 0. The van der Waals surface area contributed by atoms with Crippen molar-refractivity contribution in [2.75, 3.05) is 32.2 Å². The molecule has 1 aliphatic rings. The van der Waals surface area contributed by atoms with Gasteiger partial charge < -0.3 is 19.1 Å². The number of methoxy groups -OCH3 is 1. The third-order valence-electron chi connectivity index (χ3n) is 3.76. The summed E-state index contributed by atoms with van der Waals surface area (Å²) < 4.78 is 16.6. The number of anilines is 1. The number of ether oxygens (including phenoxy) is 3. The number of hydrogen-bond acceptors (Lipinski definition) is 5. The van der Waals surface area contributed by atoms with E-state index in [1.54, 1.807) is 18.2 Å². The highest BCUT2D eigenvalue weighted by molar-refractivity contribution is 5.92. The molecule has 0 aliphatic carbocycles. The Morgan fingerprint density at radius 2 is 1.96 bits per heavy atom. The topological polar surface area (TPSA) is 48.0 Å². The number of carbonyl (C=O) groups is 1. The number of para-hydroxylation sites is 3. The summed E-state index contributed by atoms with van der Waals surface area (Å²) in [6.45, 7) is 1.07. The summed E-state index contributed by atoms with van der Waals surface area (Å²) in [6, 6.07) is 15.0. The Labute approximate surface area is 135 Å². The van der Waals surface area contributed by atoms with Crippen LogP contribution in [0.5, 0.6) is 11.5 Å². The largest absolute Gasteiger partial charge is 0.489 e. The predicted molar refractivity (Wildman–Crippen MR) is 87.4 cm³/mol. The fraction of sp³-hybridized carbons (Fsp3) is 0.278. The normalized spacial score (nSPS) is 16.3. The van der Waals surface area contributed by atoms with Crippen molar-refractivity contribution in [1.29, 1.82) is 0 Å². The lowest BCUT2D eigenvalue weighted by atomic mass is 10.2. The van der Waals surface area contributed by atoms with Crippen LogP contribution in [0.25, 0.3) is 0 Å². The standard InChI is InChI=1S/C18H19NO4/c1-19-11-13(23-17-10-6-4-8-15(17)19)12-22-16-9-5-3-7-14(16)18(20)21-2/h3-10,13H,11-12H2,1-2H3/t13-/m0/s1. The highest BCUT2D eigenvalue weighted by Crippen LogP contribution is 2.32. The highest BCUT2D eigenvalue weighted by Gasteiger charge is 2.24. The van der Waals surface area contributed by atoms with Crippen molar-refractivity contribution >= 4 is 11.7 Å². The van der Waals surface area contributed by atoms with E-state index in [4.69, 9.17) is 14.2 Å². The second-order valence-corrected chi connectivity index (χ2v) is 5.39. The summed E-state index contributed by atoms with van der Waals surface area (Å²) in [5.74, 6) is 0.938. The second-order valence-electron chi connectivity index (χ2n) is 5.39. The van der Waals surface area contributed by atoms with Crippen molar-refractivity contribution in [3.63, 3.8) is 0 Å². The van der Waals surface area contributed by atoms with E-state index in [9.17, 15) is 4.79 Å². The predicted octanol–water partition coefficient (Wildman–Crippen LogP) is 2.75. The lowest BCUT2D eigenvalue weighted by Gasteiger charge is -2.33. The molecule has 0 unspecified atom stereocenters. The van der Waals surface area contributed by atoms with Crippen LogP contribution in [0.1, 0.15) is 10.4 Å².